The molecule has 1 amide bonds. The van der Waals surface area contributed by atoms with E-state index in [1.54, 1.807) is 12.3 Å². The molecule has 0 aromatic carbocycles. The van der Waals surface area contributed by atoms with Gasteiger partial charge in [0.2, 0.25) is 5.91 Å². The van der Waals surface area contributed by atoms with Gasteiger partial charge in [-0.2, -0.15) is 5.26 Å². The molecule has 2 atom stereocenters. The van der Waals surface area contributed by atoms with Gasteiger partial charge in [0, 0.05) is 58.1 Å². The zero-order valence-corrected chi connectivity index (χ0v) is 15.1. The maximum Gasteiger partial charge on any atom is 0.239 e. The number of anilines is 1. The Bertz CT molecular complexity index is 688. The van der Waals surface area contributed by atoms with Crippen molar-refractivity contribution in [3.8, 4) is 6.07 Å². The number of aromatic nitrogens is 1. The van der Waals surface area contributed by atoms with Crippen LogP contribution in [0, 0.1) is 11.3 Å². The minimum Gasteiger partial charge on any atom is -0.354 e. The molecule has 0 saturated carbocycles. The Balaban J connectivity index is 1.30. The number of rotatable bonds is 3. The van der Waals surface area contributed by atoms with Crippen LogP contribution in [0.25, 0.3) is 0 Å². The number of hydrogen-bond donors (Lipinski definition) is 1. The minimum atomic E-state index is -0.00916. The number of hydrogen-bond acceptors (Lipinski definition) is 6. The van der Waals surface area contributed by atoms with Crippen LogP contribution in [0.15, 0.2) is 18.3 Å². The van der Waals surface area contributed by atoms with Crippen LogP contribution in [0.3, 0.4) is 0 Å². The van der Waals surface area contributed by atoms with Crippen molar-refractivity contribution in [3.05, 3.63) is 23.9 Å². The van der Waals surface area contributed by atoms with Crippen LogP contribution < -0.4 is 10.2 Å². The second kappa shape index (κ2) is 7.60. The zero-order chi connectivity index (χ0) is 17.9. The van der Waals surface area contributed by atoms with Gasteiger partial charge < -0.3 is 15.1 Å². The minimum absolute atomic E-state index is 0.00916. The molecule has 2 unspecified atom stereocenters. The number of likely N-dealkylation sites (tertiary alicyclic amines) is 1. The summed E-state index contributed by atoms with van der Waals surface area (Å²) in [6.07, 6.45) is 4.91. The molecule has 0 spiro atoms. The van der Waals surface area contributed by atoms with Gasteiger partial charge in [-0.3, -0.25) is 9.69 Å². The molecule has 1 N–H and O–H groups in total. The lowest BCUT2D eigenvalue weighted by atomic mass is 10.1. The number of carbonyl (C=O) groups is 1. The first-order valence-electron chi connectivity index (χ1n) is 9.62. The van der Waals surface area contributed by atoms with Crippen LogP contribution in [0.4, 0.5) is 5.82 Å². The van der Waals surface area contributed by atoms with Crippen LogP contribution in [0.2, 0.25) is 0 Å². The fraction of sp³-hybridized carbons (Fsp3) is 0.632. The van der Waals surface area contributed by atoms with E-state index >= 15 is 0 Å². The second-order valence-electron chi connectivity index (χ2n) is 7.42. The molecule has 1 aromatic heterocycles. The first-order chi connectivity index (χ1) is 12.7. The van der Waals surface area contributed by atoms with Crippen molar-refractivity contribution < 1.29 is 4.79 Å². The van der Waals surface area contributed by atoms with E-state index in [-0.39, 0.29) is 6.04 Å². The van der Waals surface area contributed by atoms with E-state index in [1.165, 1.54) is 0 Å². The van der Waals surface area contributed by atoms with Gasteiger partial charge in [0.1, 0.15) is 5.82 Å². The summed E-state index contributed by atoms with van der Waals surface area (Å²) in [7, 11) is 0. The van der Waals surface area contributed by atoms with Gasteiger partial charge in [0.05, 0.1) is 17.7 Å². The summed E-state index contributed by atoms with van der Waals surface area (Å²) in [6.45, 7) is 6.49. The molecule has 0 aliphatic carbocycles. The number of nitriles is 1. The summed E-state index contributed by atoms with van der Waals surface area (Å²) in [5.41, 5.74) is 0.653. The monoisotopic (exact) mass is 354 g/mol. The summed E-state index contributed by atoms with van der Waals surface area (Å²) in [5, 5.41) is 12.5. The number of piperazine rings is 1. The van der Waals surface area contributed by atoms with Gasteiger partial charge in [-0.1, -0.05) is 0 Å². The van der Waals surface area contributed by atoms with Crippen molar-refractivity contribution in [1.82, 2.24) is 20.1 Å². The molecular weight excluding hydrogens is 328 g/mol. The highest BCUT2D eigenvalue weighted by atomic mass is 16.2. The molecule has 7 nitrogen and oxygen atoms in total. The lowest BCUT2D eigenvalue weighted by molar-refractivity contribution is -0.132. The van der Waals surface area contributed by atoms with E-state index in [4.69, 9.17) is 5.26 Å². The molecule has 0 bridgehead atoms. The lowest BCUT2D eigenvalue weighted by Gasteiger charge is -2.38. The Hall–Kier alpha value is -2.17. The number of amides is 1. The smallest absolute Gasteiger partial charge is 0.239 e. The normalized spacial score (nSPS) is 26.9. The summed E-state index contributed by atoms with van der Waals surface area (Å²) in [5.74, 6) is 1.18. The molecular formula is C19H26N6O. The quantitative estimate of drug-likeness (QED) is 0.848. The molecule has 3 saturated heterocycles. The topological polar surface area (TPSA) is 75.5 Å². The van der Waals surface area contributed by atoms with E-state index in [1.807, 2.05) is 11.0 Å². The van der Waals surface area contributed by atoms with Crippen LogP contribution in [0.1, 0.15) is 24.8 Å². The molecule has 0 radical (unpaired) electrons. The average Bonchev–Trinajstić information content (AvgIpc) is 3.40. The SMILES string of the molecule is N#Cc1ccnc(N2CCN(C3CNC(C(=O)N4CCCC4)C3)CC2)c1. The van der Waals surface area contributed by atoms with Crippen LogP contribution in [0.5, 0.6) is 0 Å². The first-order valence-corrected chi connectivity index (χ1v) is 9.62. The van der Waals surface area contributed by atoms with Gasteiger partial charge >= 0.3 is 0 Å². The average molecular weight is 354 g/mol. The largest absolute Gasteiger partial charge is 0.354 e. The van der Waals surface area contributed by atoms with Crippen LogP contribution in [-0.2, 0) is 4.79 Å². The number of carbonyl (C=O) groups excluding carboxylic acids is 1. The summed E-state index contributed by atoms with van der Waals surface area (Å²) in [6, 6.07) is 6.20. The van der Waals surface area contributed by atoms with E-state index < -0.39 is 0 Å². The molecule has 4 heterocycles. The summed E-state index contributed by atoms with van der Waals surface area (Å²) < 4.78 is 0. The predicted molar refractivity (Wildman–Crippen MR) is 98.7 cm³/mol. The molecule has 1 aromatic rings. The van der Waals surface area contributed by atoms with Gasteiger partial charge in [0.25, 0.3) is 0 Å². The van der Waals surface area contributed by atoms with E-state index in [9.17, 15) is 4.79 Å². The molecule has 3 aliphatic heterocycles. The third kappa shape index (κ3) is 3.53. The Morgan fingerprint density at radius 3 is 2.69 bits per heavy atom. The first kappa shape index (κ1) is 17.3. The molecule has 3 aliphatic rings. The van der Waals surface area contributed by atoms with Crippen molar-refractivity contribution in [2.45, 2.75) is 31.3 Å². The van der Waals surface area contributed by atoms with Crippen LogP contribution >= 0.6 is 0 Å². The maximum absolute atomic E-state index is 12.6. The standard InChI is InChI=1S/C19H26N6O/c20-13-15-3-4-21-18(11-15)24-9-7-23(8-10-24)16-12-17(22-14-16)19(26)25-5-1-2-6-25/h3-4,11,16-17,22H,1-2,5-10,12,14H2. The van der Waals surface area contributed by atoms with Gasteiger partial charge in [-0.15, -0.1) is 0 Å². The van der Waals surface area contributed by atoms with Crippen molar-refractivity contribution in [1.29, 1.82) is 5.26 Å². The Kier molecular flexibility index (Phi) is 5.05. The van der Waals surface area contributed by atoms with Gasteiger partial charge in [-0.05, 0) is 31.4 Å². The number of nitrogens with one attached hydrogen (secondary N) is 1. The maximum atomic E-state index is 12.6. The molecule has 4 rings (SSSR count). The molecule has 26 heavy (non-hydrogen) atoms. The molecule has 7 heteroatoms. The Morgan fingerprint density at radius 2 is 1.96 bits per heavy atom. The molecule has 138 valence electrons. The highest BCUT2D eigenvalue weighted by Gasteiger charge is 2.36. The number of nitrogens with zero attached hydrogens (tertiary/aromatic N) is 5. The van der Waals surface area contributed by atoms with Gasteiger partial charge in [-0.25, -0.2) is 4.98 Å². The lowest BCUT2D eigenvalue weighted by Crippen LogP contribution is -2.51. The van der Waals surface area contributed by atoms with Crippen molar-refractivity contribution in [2.75, 3.05) is 50.7 Å². The molecule has 3 fully saturated rings. The van der Waals surface area contributed by atoms with Crippen molar-refractivity contribution in [3.63, 3.8) is 0 Å². The fourth-order valence-corrected chi connectivity index (χ4v) is 4.32. The third-order valence-electron chi connectivity index (χ3n) is 5.85. The highest BCUT2D eigenvalue weighted by Crippen LogP contribution is 2.21. The third-order valence-corrected chi connectivity index (χ3v) is 5.85. The van der Waals surface area contributed by atoms with Crippen LogP contribution in [-0.4, -0.2) is 78.6 Å². The van der Waals surface area contributed by atoms with E-state index in [0.717, 1.165) is 70.9 Å². The number of pyridine rings is 1. The summed E-state index contributed by atoms with van der Waals surface area (Å²) >= 11 is 0. The zero-order valence-electron chi connectivity index (χ0n) is 15.1. The highest BCUT2D eigenvalue weighted by molar-refractivity contribution is 5.82. The Morgan fingerprint density at radius 1 is 1.19 bits per heavy atom. The van der Waals surface area contributed by atoms with Crippen molar-refractivity contribution in [2.24, 2.45) is 0 Å². The van der Waals surface area contributed by atoms with E-state index in [2.05, 4.69) is 26.2 Å². The predicted octanol–water partition coefficient (Wildman–Crippen LogP) is 0.428. The van der Waals surface area contributed by atoms with Gasteiger partial charge in [0.15, 0.2) is 0 Å². The second-order valence-corrected chi connectivity index (χ2v) is 7.42. The van der Waals surface area contributed by atoms with Crippen molar-refractivity contribution >= 4 is 11.7 Å². The van der Waals surface area contributed by atoms with E-state index in [0.29, 0.717) is 17.5 Å². The fourth-order valence-electron chi connectivity index (χ4n) is 4.32. The Labute approximate surface area is 154 Å². The summed E-state index contributed by atoms with van der Waals surface area (Å²) in [4.78, 5) is 23.7.